The molecule has 0 atom stereocenters. The number of nitro groups is 1. The van der Waals surface area contributed by atoms with Crippen molar-refractivity contribution in [1.82, 2.24) is 10.3 Å². The Hall–Kier alpha value is -2.81. The van der Waals surface area contributed by atoms with Crippen LogP contribution in [-0.2, 0) is 0 Å². The van der Waals surface area contributed by atoms with E-state index in [-0.39, 0.29) is 12.2 Å². The zero-order valence-electron chi connectivity index (χ0n) is 13.3. The van der Waals surface area contributed by atoms with Crippen LogP contribution in [0.15, 0.2) is 42.5 Å². The maximum absolute atomic E-state index is 11.4. The van der Waals surface area contributed by atoms with Crippen LogP contribution in [0.25, 0.3) is 21.8 Å². The molecule has 4 N–H and O–H groups in total. The number of hydrogen-bond donors (Lipinski definition) is 4. The minimum Gasteiger partial charge on any atom is -0.382 e. The summed E-state index contributed by atoms with van der Waals surface area (Å²) in [5, 5.41) is 36.5. The van der Waals surface area contributed by atoms with Gasteiger partial charge < -0.3 is 20.8 Å². The summed E-state index contributed by atoms with van der Waals surface area (Å²) in [6.45, 7) is 0.984. The van der Waals surface area contributed by atoms with Gasteiger partial charge in [-0.25, -0.2) is 4.98 Å². The normalized spacial score (nSPS) is 11.3. The van der Waals surface area contributed by atoms with E-state index in [1.165, 1.54) is 6.07 Å². The van der Waals surface area contributed by atoms with Crippen molar-refractivity contribution in [3.8, 4) is 0 Å². The van der Waals surface area contributed by atoms with Crippen LogP contribution in [0, 0.1) is 10.1 Å². The van der Waals surface area contributed by atoms with Crippen molar-refractivity contribution < 1.29 is 15.1 Å². The Morgan fingerprint density at radius 3 is 2.60 bits per heavy atom. The van der Waals surface area contributed by atoms with Crippen molar-refractivity contribution in [3.05, 3.63) is 52.6 Å². The van der Waals surface area contributed by atoms with E-state index in [0.29, 0.717) is 29.7 Å². The molecule has 1 aromatic heterocycles. The SMILES string of the molecule is O=[N+]([O-])c1cccc2nc3ccccc3c(NCCNCC(O)O)c12. The topological polar surface area (TPSA) is 121 Å². The molecular formula is C17H18N4O4. The predicted octanol–water partition coefficient (Wildman–Crippen LogP) is 1.61. The Balaban J connectivity index is 2.03. The molecule has 0 spiro atoms. The number of fused-ring (bicyclic) bond motifs is 2. The highest BCUT2D eigenvalue weighted by atomic mass is 16.6. The first-order valence-corrected chi connectivity index (χ1v) is 7.84. The molecule has 0 aliphatic rings. The van der Waals surface area contributed by atoms with Crippen LogP contribution < -0.4 is 10.6 Å². The van der Waals surface area contributed by atoms with Crippen LogP contribution in [0.1, 0.15) is 0 Å². The van der Waals surface area contributed by atoms with E-state index in [1.807, 2.05) is 24.3 Å². The van der Waals surface area contributed by atoms with Crippen molar-refractivity contribution in [3.63, 3.8) is 0 Å². The number of rotatable bonds is 7. The molecule has 1 heterocycles. The van der Waals surface area contributed by atoms with Crippen LogP contribution in [0.2, 0.25) is 0 Å². The van der Waals surface area contributed by atoms with Gasteiger partial charge in [0.15, 0.2) is 6.29 Å². The lowest BCUT2D eigenvalue weighted by Crippen LogP contribution is -2.30. The number of aliphatic hydroxyl groups excluding tert-OH is 1. The molecule has 3 aromatic rings. The Labute approximate surface area is 143 Å². The highest BCUT2D eigenvalue weighted by Gasteiger charge is 2.18. The number of nitrogens with one attached hydrogen (secondary N) is 2. The van der Waals surface area contributed by atoms with E-state index >= 15 is 0 Å². The van der Waals surface area contributed by atoms with Crippen LogP contribution >= 0.6 is 0 Å². The highest BCUT2D eigenvalue weighted by Crippen LogP contribution is 2.36. The van der Waals surface area contributed by atoms with Gasteiger partial charge in [-0.15, -0.1) is 0 Å². The van der Waals surface area contributed by atoms with Gasteiger partial charge in [0.05, 0.1) is 21.6 Å². The molecule has 0 bridgehead atoms. The third-order valence-electron chi connectivity index (χ3n) is 3.81. The second-order valence-corrected chi connectivity index (χ2v) is 5.54. The molecule has 0 radical (unpaired) electrons. The van der Waals surface area contributed by atoms with Gasteiger partial charge in [0, 0.05) is 31.1 Å². The molecule has 0 amide bonds. The lowest BCUT2D eigenvalue weighted by Gasteiger charge is -2.14. The average molecular weight is 342 g/mol. The Morgan fingerprint density at radius 2 is 1.84 bits per heavy atom. The number of para-hydroxylation sites is 1. The fourth-order valence-electron chi connectivity index (χ4n) is 2.77. The fourth-order valence-corrected chi connectivity index (χ4v) is 2.77. The maximum Gasteiger partial charge on any atom is 0.280 e. The van der Waals surface area contributed by atoms with Crippen molar-refractivity contribution in [2.45, 2.75) is 6.29 Å². The summed E-state index contributed by atoms with van der Waals surface area (Å²) in [5.41, 5.74) is 1.95. The number of aliphatic hydroxyl groups is 2. The highest BCUT2D eigenvalue weighted by molar-refractivity contribution is 6.11. The van der Waals surface area contributed by atoms with Gasteiger partial charge in [-0.2, -0.15) is 0 Å². The van der Waals surface area contributed by atoms with Gasteiger partial charge in [0.1, 0.15) is 5.39 Å². The molecule has 3 rings (SSSR count). The molecule has 0 saturated carbocycles. The number of pyridine rings is 1. The molecule has 8 nitrogen and oxygen atoms in total. The lowest BCUT2D eigenvalue weighted by molar-refractivity contribution is -0.383. The summed E-state index contributed by atoms with van der Waals surface area (Å²) in [6, 6.07) is 12.3. The number of hydrogen-bond acceptors (Lipinski definition) is 7. The van der Waals surface area contributed by atoms with Gasteiger partial charge in [0.2, 0.25) is 0 Å². The van der Waals surface area contributed by atoms with Gasteiger partial charge >= 0.3 is 0 Å². The number of nitro benzene ring substituents is 1. The zero-order chi connectivity index (χ0) is 17.8. The van der Waals surface area contributed by atoms with E-state index in [2.05, 4.69) is 15.6 Å². The number of anilines is 1. The van der Waals surface area contributed by atoms with Gasteiger partial charge in [-0.3, -0.25) is 10.1 Å². The first-order chi connectivity index (χ1) is 12.1. The van der Waals surface area contributed by atoms with Crippen molar-refractivity contribution in [2.24, 2.45) is 0 Å². The lowest BCUT2D eigenvalue weighted by atomic mass is 10.1. The van der Waals surface area contributed by atoms with Crippen LogP contribution in [0.5, 0.6) is 0 Å². The maximum atomic E-state index is 11.4. The van der Waals surface area contributed by atoms with Crippen LogP contribution in [0.4, 0.5) is 11.4 Å². The summed E-state index contributed by atoms with van der Waals surface area (Å²) in [6.07, 6.45) is -1.41. The number of aromatic nitrogens is 1. The molecule has 0 saturated heterocycles. The van der Waals surface area contributed by atoms with Gasteiger partial charge in [0.25, 0.3) is 5.69 Å². The van der Waals surface area contributed by atoms with Crippen molar-refractivity contribution in [1.29, 1.82) is 0 Å². The molecule has 2 aromatic carbocycles. The third kappa shape index (κ3) is 3.66. The van der Waals surface area contributed by atoms with E-state index in [9.17, 15) is 10.1 Å². The number of benzene rings is 2. The average Bonchev–Trinajstić information content (AvgIpc) is 2.59. The standard InChI is InChI=1S/C17H18N4O4/c22-15(23)10-18-8-9-19-17-11-4-1-2-5-12(11)20-13-6-3-7-14(16(13)17)21(24)25/h1-7,15,18,22-23H,8-10H2,(H,19,20). The summed E-state index contributed by atoms with van der Waals surface area (Å²) in [7, 11) is 0. The molecule has 8 heteroatoms. The van der Waals surface area contributed by atoms with E-state index in [0.717, 1.165) is 10.9 Å². The van der Waals surface area contributed by atoms with Crippen molar-refractivity contribution in [2.75, 3.05) is 25.0 Å². The summed E-state index contributed by atoms with van der Waals surface area (Å²) < 4.78 is 0. The predicted molar refractivity (Wildman–Crippen MR) is 95.5 cm³/mol. The molecular weight excluding hydrogens is 324 g/mol. The Morgan fingerprint density at radius 1 is 1.08 bits per heavy atom. The second kappa shape index (κ2) is 7.39. The van der Waals surface area contributed by atoms with E-state index < -0.39 is 11.2 Å². The minimum absolute atomic E-state index is 0.00278. The fraction of sp³-hybridized carbons (Fsp3) is 0.235. The zero-order valence-corrected chi connectivity index (χ0v) is 13.3. The Kier molecular flexibility index (Phi) is 5.03. The second-order valence-electron chi connectivity index (χ2n) is 5.54. The summed E-state index contributed by atoms with van der Waals surface area (Å²) in [4.78, 5) is 15.5. The molecule has 0 aliphatic heterocycles. The third-order valence-corrected chi connectivity index (χ3v) is 3.81. The van der Waals surface area contributed by atoms with E-state index in [4.69, 9.17) is 10.2 Å². The first kappa shape index (κ1) is 17.0. The smallest absolute Gasteiger partial charge is 0.280 e. The van der Waals surface area contributed by atoms with Crippen LogP contribution in [-0.4, -0.2) is 46.0 Å². The van der Waals surface area contributed by atoms with Crippen molar-refractivity contribution >= 4 is 33.2 Å². The Bertz CT molecular complexity index is 914. The minimum atomic E-state index is -1.41. The number of nitrogens with zero attached hydrogens (tertiary/aromatic N) is 2. The van der Waals surface area contributed by atoms with Crippen LogP contribution in [0.3, 0.4) is 0 Å². The molecule has 25 heavy (non-hydrogen) atoms. The summed E-state index contributed by atoms with van der Waals surface area (Å²) >= 11 is 0. The summed E-state index contributed by atoms with van der Waals surface area (Å²) in [5.74, 6) is 0. The van der Waals surface area contributed by atoms with Gasteiger partial charge in [-0.05, 0) is 12.1 Å². The molecule has 130 valence electrons. The molecule has 0 fully saturated rings. The quantitative estimate of drug-likeness (QED) is 0.169. The monoisotopic (exact) mass is 342 g/mol. The first-order valence-electron chi connectivity index (χ1n) is 7.84. The largest absolute Gasteiger partial charge is 0.382 e. The number of non-ortho nitro benzene ring substituents is 1. The van der Waals surface area contributed by atoms with Gasteiger partial charge in [-0.1, -0.05) is 24.3 Å². The molecule has 0 unspecified atom stereocenters. The van der Waals surface area contributed by atoms with E-state index in [1.54, 1.807) is 12.1 Å². The molecule has 0 aliphatic carbocycles.